The molecule has 0 radical (unpaired) electrons. The van der Waals surface area contributed by atoms with Crippen LogP contribution in [0.4, 0.5) is 0 Å². The summed E-state index contributed by atoms with van der Waals surface area (Å²) in [6.45, 7) is 7.11. The smallest absolute Gasteiger partial charge is 0.0165 e. The molecule has 3 rings (SSSR count). The van der Waals surface area contributed by atoms with E-state index >= 15 is 0 Å². The van der Waals surface area contributed by atoms with Gasteiger partial charge in [0, 0.05) is 12.6 Å². The molecule has 0 saturated carbocycles. The average molecular weight is 298 g/mol. The molecule has 0 bridgehead atoms. The molecule has 1 aromatic carbocycles. The van der Waals surface area contributed by atoms with Gasteiger partial charge in [-0.1, -0.05) is 48.4 Å². The van der Waals surface area contributed by atoms with Crippen molar-refractivity contribution in [2.45, 2.75) is 45.1 Å². The predicted molar refractivity (Wildman–Crippen MR) is 94.9 cm³/mol. The minimum absolute atomic E-state index is 0.855. The summed E-state index contributed by atoms with van der Waals surface area (Å²) >= 11 is 0. The Labute approximate surface area is 135 Å². The Morgan fingerprint density at radius 1 is 1.14 bits per heavy atom. The SMILES string of the molecule is CC(=Cc1ccccc1)CNC[C@@H]1CCCN2CCCC[C@H]12. The first-order valence-electron chi connectivity index (χ1n) is 9.00. The van der Waals surface area contributed by atoms with Gasteiger partial charge in [0.25, 0.3) is 0 Å². The maximum Gasteiger partial charge on any atom is 0.0165 e. The molecule has 0 unspecified atom stereocenters. The highest BCUT2D eigenvalue weighted by Crippen LogP contribution is 2.30. The van der Waals surface area contributed by atoms with Crippen molar-refractivity contribution in [1.29, 1.82) is 0 Å². The minimum atomic E-state index is 0.855. The van der Waals surface area contributed by atoms with Crippen LogP contribution < -0.4 is 5.32 Å². The molecule has 1 aromatic rings. The van der Waals surface area contributed by atoms with Gasteiger partial charge in [0.05, 0.1) is 0 Å². The number of hydrogen-bond donors (Lipinski definition) is 1. The van der Waals surface area contributed by atoms with Crippen molar-refractivity contribution in [2.24, 2.45) is 5.92 Å². The van der Waals surface area contributed by atoms with Crippen LogP contribution in [0.15, 0.2) is 35.9 Å². The molecule has 120 valence electrons. The quantitative estimate of drug-likeness (QED) is 0.885. The van der Waals surface area contributed by atoms with Crippen LogP contribution in [0.1, 0.15) is 44.6 Å². The van der Waals surface area contributed by atoms with E-state index < -0.39 is 0 Å². The first kappa shape index (κ1) is 15.8. The highest BCUT2D eigenvalue weighted by atomic mass is 15.2. The topological polar surface area (TPSA) is 15.3 Å². The second kappa shape index (κ2) is 7.94. The second-order valence-corrected chi connectivity index (χ2v) is 7.03. The summed E-state index contributed by atoms with van der Waals surface area (Å²) in [5.74, 6) is 0.860. The summed E-state index contributed by atoms with van der Waals surface area (Å²) in [5.41, 5.74) is 2.72. The zero-order chi connectivity index (χ0) is 15.2. The lowest BCUT2D eigenvalue weighted by atomic mass is 9.83. The largest absolute Gasteiger partial charge is 0.313 e. The Morgan fingerprint density at radius 2 is 1.95 bits per heavy atom. The van der Waals surface area contributed by atoms with Crippen molar-refractivity contribution in [3.63, 3.8) is 0 Å². The summed E-state index contributed by atoms with van der Waals surface area (Å²) in [4.78, 5) is 2.76. The van der Waals surface area contributed by atoms with Crippen molar-refractivity contribution in [3.05, 3.63) is 41.5 Å². The van der Waals surface area contributed by atoms with Gasteiger partial charge >= 0.3 is 0 Å². The third-order valence-electron chi connectivity index (χ3n) is 5.25. The highest BCUT2D eigenvalue weighted by Gasteiger charge is 2.32. The number of benzene rings is 1. The molecule has 2 atom stereocenters. The lowest BCUT2D eigenvalue weighted by molar-refractivity contribution is 0.0598. The molecule has 0 spiro atoms. The molecule has 0 aliphatic carbocycles. The normalized spacial score (nSPS) is 26.7. The van der Waals surface area contributed by atoms with E-state index in [0.29, 0.717) is 0 Å². The van der Waals surface area contributed by atoms with Gasteiger partial charge in [-0.2, -0.15) is 0 Å². The van der Waals surface area contributed by atoms with Gasteiger partial charge in [0.2, 0.25) is 0 Å². The lowest BCUT2D eigenvalue weighted by Crippen LogP contribution is -2.50. The van der Waals surface area contributed by atoms with Crippen LogP contribution >= 0.6 is 0 Å². The van der Waals surface area contributed by atoms with Gasteiger partial charge in [-0.05, 0) is 63.7 Å². The van der Waals surface area contributed by atoms with Crippen molar-refractivity contribution in [1.82, 2.24) is 10.2 Å². The summed E-state index contributed by atoms with van der Waals surface area (Å²) in [6.07, 6.45) is 9.36. The van der Waals surface area contributed by atoms with Crippen LogP contribution in [0.3, 0.4) is 0 Å². The van der Waals surface area contributed by atoms with Crippen LogP contribution in [0.5, 0.6) is 0 Å². The van der Waals surface area contributed by atoms with Crippen LogP contribution in [-0.2, 0) is 0 Å². The lowest BCUT2D eigenvalue weighted by Gasteiger charge is -2.44. The van der Waals surface area contributed by atoms with E-state index in [4.69, 9.17) is 0 Å². The highest BCUT2D eigenvalue weighted by molar-refractivity contribution is 5.52. The molecular weight excluding hydrogens is 268 g/mol. The zero-order valence-electron chi connectivity index (χ0n) is 13.9. The zero-order valence-corrected chi connectivity index (χ0v) is 13.9. The van der Waals surface area contributed by atoms with E-state index in [1.54, 1.807) is 0 Å². The predicted octanol–water partition coefficient (Wildman–Crippen LogP) is 3.94. The summed E-state index contributed by atoms with van der Waals surface area (Å²) in [6, 6.07) is 11.5. The number of nitrogens with zero attached hydrogens (tertiary/aromatic N) is 1. The maximum absolute atomic E-state index is 3.71. The second-order valence-electron chi connectivity index (χ2n) is 7.03. The number of piperidine rings is 2. The Hall–Kier alpha value is -1.12. The molecule has 0 aromatic heterocycles. The van der Waals surface area contributed by atoms with E-state index in [0.717, 1.165) is 18.5 Å². The molecule has 2 aliphatic rings. The van der Waals surface area contributed by atoms with Gasteiger partial charge in [0.1, 0.15) is 0 Å². The van der Waals surface area contributed by atoms with E-state index in [2.05, 4.69) is 53.5 Å². The van der Waals surface area contributed by atoms with Gasteiger partial charge in [-0.15, -0.1) is 0 Å². The number of rotatable bonds is 5. The number of fused-ring (bicyclic) bond motifs is 1. The molecule has 1 N–H and O–H groups in total. The van der Waals surface area contributed by atoms with Gasteiger partial charge in [-0.25, -0.2) is 0 Å². The van der Waals surface area contributed by atoms with Crippen molar-refractivity contribution in [2.75, 3.05) is 26.2 Å². The average Bonchev–Trinajstić information content (AvgIpc) is 2.56. The number of hydrogen-bond acceptors (Lipinski definition) is 2. The van der Waals surface area contributed by atoms with E-state index in [1.807, 2.05) is 0 Å². The Morgan fingerprint density at radius 3 is 2.82 bits per heavy atom. The Balaban J connectivity index is 1.47. The van der Waals surface area contributed by atoms with Crippen LogP contribution in [-0.4, -0.2) is 37.1 Å². The summed E-state index contributed by atoms with van der Waals surface area (Å²) in [7, 11) is 0. The summed E-state index contributed by atoms with van der Waals surface area (Å²) < 4.78 is 0. The summed E-state index contributed by atoms with van der Waals surface area (Å²) in [5, 5.41) is 3.71. The van der Waals surface area contributed by atoms with Gasteiger partial charge in [0.15, 0.2) is 0 Å². The van der Waals surface area contributed by atoms with E-state index in [1.165, 1.54) is 62.9 Å². The fourth-order valence-electron chi connectivity index (χ4n) is 4.15. The van der Waals surface area contributed by atoms with Crippen LogP contribution in [0.25, 0.3) is 6.08 Å². The number of nitrogens with one attached hydrogen (secondary N) is 1. The maximum atomic E-state index is 3.71. The van der Waals surface area contributed by atoms with Gasteiger partial charge in [-0.3, -0.25) is 0 Å². The monoisotopic (exact) mass is 298 g/mol. The first-order chi connectivity index (χ1) is 10.8. The molecule has 2 saturated heterocycles. The van der Waals surface area contributed by atoms with Crippen molar-refractivity contribution in [3.8, 4) is 0 Å². The fraction of sp³-hybridized carbons (Fsp3) is 0.600. The Kier molecular flexibility index (Phi) is 5.69. The molecule has 22 heavy (non-hydrogen) atoms. The van der Waals surface area contributed by atoms with Crippen molar-refractivity contribution < 1.29 is 0 Å². The molecule has 2 aliphatic heterocycles. The molecule has 2 nitrogen and oxygen atoms in total. The van der Waals surface area contributed by atoms with E-state index in [-0.39, 0.29) is 0 Å². The molecule has 2 heterocycles. The minimum Gasteiger partial charge on any atom is -0.313 e. The van der Waals surface area contributed by atoms with Crippen molar-refractivity contribution >= 4 is 6.08 Å². The van der Waals surface area contributed by atoms with E-state index in [9.17, 15) is 0 Å². The Bertz CT molecular complexity index is 478. The third-order valence-corrected chi connectivity index (χ3v) is 5.25. The van der Waals surface area contributed by atoms with Crippen LogP contribution in [0, 0.1) is 5.92 Å². The molecule has 2 fully saturated rings. The molecule has 0 amide bonds. The first-order valence-corrected chi connectivity index (χ1v) is 9.00. The molecular formula is C20H30N2. The standard InChI is InChI=1S/C20H30N2/c1-17(14-18-8-3-2-4-9-18)15-21-16-19-10-7-13-22-12-6-5-11-20(19)22/h2-4,8-9,14,19-21H,5-7,10-13,15-16H2,1H3/t19-,20+/m0/s1. The fourth-order valence-corrected chi connectivity index (χ4v) is 4.15. The van der Waals surface area contributed by atoms with Gasteiger partial charge < -0.3 is 10.2 Å². The van der Waals surface area contributed by atoms with Crippen LogP contribution in [0.2, 0.25) is 0 Å². The molecule has 2 heteroatoms. The third kappa shape index (κ3) is 4.21.